The molecule has 0 saturated heterocycles. The number of rotatable bonds is 2. The fourth-order valence-electron chi connectivity index (χ4n) is 10.7. The molecule has 0 aliphatic carbocycles. The van der Waals surface area contributed by atoms with E-state index in [1.165, 1.54) is 98.4 Å². The topological polar surface area (TPSA) is 35.1 Å². The third-order valence-corrected chi connectivity index (χ3v) is 13.2. The molecule has 0 aliphatic heterocycles. The summed E-state index contributed by atoms with van der Waals surface area (Å²) < 4.78 is 17.5. The molecular formula is C54H28N2O2. The van der Waals surface area contributed by atoms with Gasteiger partial charge in [-0.25, -0.2) is 0 Å². The van der Waals surface area contributed by atoms with Crippen molar-refractivity contribution in [1.29, 1.82) is 0 Å². The van der Waals surface area contributed by atoms with E-state index in [0.717, 1.165) is 43.9 Å². The molecule has 0 aliphatic rings. The van der Waals surface area contributed by atoms with Crippen LogP contribution in [0, 0.1) is 0 Å². The highest BCUT2D eigenvalue weighted by Gasteiger charge is 2.28. The summed E-state index contributed by atoms with van der Waals surface area (Å²) in [6, 6.07) is 61.9. The maximum absolute atomic E-state index is 6.20. The predicted octanol–water partition coefficient (Wildman–Crippen LogP) is 15.1. The average Bonchev–Trinajstić information content (AvgIpc) is 4.11. The molecule has 15 aromatic rings. The highest BCUT2D eigenvalue weighted by molar-refractivity contribution is 6.45. The molecule has 0 fully saturated rings. The number of aromatic nitrogens is 2. The third kappa shape index (κ3) is 3.46. The summed E-state index contributed by atoms with van der Waals surface area (Å²) in [6.07, 6.45) is 0. The quantitative estimate of drug-likeness (QED) is 0.177. The molecule has 15 rings (SSSR count). The summed E-state index contributed by atoms with van der Waals surface area (Å²) in [7, 11) is 0. The molecule has 4 heteroatoms. The van der Waals surface area contributed by atoms with Gasteiger partial charge in [0.25, 0.3) is 0 Å². The first-order valence-electron chi connectivity index (χ1n) is 19.9. The Kier molecular flexibility index (Phi) is 5.14. The third-order valence-electron chi connectivity index (χ3n) is 13.2. The smallest absolute Gasteiger partial charge is 0.135 e. The van der Waals surface area contributed by atoms with E-state index in [4.69, 9.17) is 8.83 Å². The van der Waals surface area contributed by atoms with E-state index in [0.29, 0.717) is 0 Å². The van der Waals surface area contributed by atoms with E-state index in [1.807, 2.05) is 24.3 Å². The lowest BCUT2D eigenvalue weighted by Gasteiger charge is -2.06. The summed E-state index contributed by atoms with van der Waals surface area (Å²) in [5, 5.41) is 15.0. The predicted molar refractivity (Wildman–Crippen MR) is 241 cm³/mol. The Hall–Kier alpha value is -7.82. The van der Waals surface area contributed by atoms with Gasteiger partial charge in [0.05, 0.1) is 33.1 Å². The van der Waals surface area contributed by atoms with Crippen LogP contribution in [0.3, 0.4) is 0 Å². The number of benzene rings is 9. The standard InChI is InChI=1S/C54H28N2O2/c1-5-13-41-35(11-1)49-51-37-21-17-32(30-20-24-48-40(26-30)34-10-4-8-16-46(34)58-48)28-44(37)56-42-14-6-2-12-36(42)50(54(51)56)52-38-22-18-31(27-43(38)55(41)53(49)52)29-19-23-47-39(25-29)33-9-3-7-15-45(33)57-47/h1-28H. The fraction of sp³-hybridized carbons (Fsp3) is 0. The largest absolute Gasteiger partial charge is 0.456 e. The van der Waals surface area contributed by atoms with Crippen molar-refractivity contribution in [2.24, 2.45) is 0 Å². The average molecular weight is 737 g/mol. The summed E-state index contributed by atoms with van der Waals surface area (Å²) >= 11 is 0. The lowest BCUT2D eigenvalue weighted by atomic mass is 9.96. The van der Waals surface area contributed by atoms with Gasteiger partial charge in [0.15, 0.2) is 0 Å². The minimum absolute atomic E-state index is 0.914. The lowest BCUT2D eigenvalue weighted by Crippen LogP contribution is -1.83. The van der Waals surface area contributed by atoms with Crippen LogP contribution >= 0.6 is 0 Å². The normalized spacial score (nSPS) is 12.8. The Balaban J connectivity index is 1.06. The van der Waals surface area contributed by atoms with Crippen LogP contribution in [0.4, 0.5) is 0 Å². The van der Waals surface area contributed by atoms with E-state index in [2.05, 4.69) is 154 Å². The van der Waals surface area contributed by atoms with E-state index >= 15 is 0 Å². The molecule has 0 atom stereocenters. The van der Waals surface area contributed by atoms with Crippen LogP contribution in [0.2, 0.25) is 0 Å². The monoisotopic (exact) mass is 736 g/mol. The minimum atomic E-state index is 0.914. The first-order valence-corrected chi connectivity index (χ1v) is 19.9. The molecule has 9 aromatic carbocycles. The Morgan fingerprint density at radius 1 is 0.259 bits per heavy atom. The van der Waals surface area contributed by atoms with Crippen LogP contribution < -0.4 is 0 Å². The second-order valence-electron chi connectivity index (χ2n) is 16.0. The van der Waals surface area contributed by atoms with Gasteiger partial charge in [-0.05, 0) is 82.9 Å². The number of para-hydroxylation sites is 4. The first-order chi connectivity index (χ1) is 28.8. The van der Waals surface area contributed by atoms with Gasteiger partial charge in [-0.2, -0.15) is 0 Å². The van der Waals surface area contributed by atoms with Gasteiger partial charge >= 0.3 is 0 Å². The second-order valence-corrected chi connectivity index (χ2v) is 16.0. The number of hydrogen-bond acceptors (Lipinski definition) is 2. The minimum Gasteiger partial charge on any atom is -0.456 e. The molecule has 0 radical (unpaired) electrons. The van der Waals surface area contributed by atoms with Crippen molar-refractivity contribution in [3.8, 4) is 22.3 Å². The SMILES string of the molecule is c1ccc2c(c1)oc1ccc(-c3ccc4c5c6c7ccccc7n7c8cc(-c9ccc%10oc%11ccccc%11c%10c9)ccc8c(c8c9ccccc9n(c4c3)c85)c67)cc12. The number of hydrogen-bond donors (Lipinski definition) is 0. The van der Waals surface area contributed by atoms with Gasteiger partial charge in [-0.3, -0.25) is 0 Å². The maximum atomic E-state index is 6.20. The molecule has 266 valence electrons. The lowest BCUT2D eigenvalue weighted by molar-refractivity contribution is 0.668. The van der Waals surface area contributed by atoms with Gasteiger partial charge in [-0.1, -0.05) is 109 Å². The molecule has 0 unspecified atom stereocenters. The van der Waals surface area contributed by atoms with Crippen LogP contribution in [0.5, 0.6) is 0 Å². The van der Waals surface area contributed by atoms with Gasteiger partial charge in [0.2, 0.25) is 0 Å². The Labute approximate surface area is 328 Å². The molecule has 0 spiro atoms. The number of nitrogens with zero attached hydrogens (tertiary/aromatic N) is 2. The first kappa shape index (κ1) is 29.5. The van der Waals surface area contributed by atoms with Crippen molar-refractivity contribution in [2.45, 2.75) is 0 Å². The van der Waals surface area contributed by atoms with E-state index < -0.39 is 0 Å². The molecule has 0 N–H and O–H groups in total. The van der Waals surface area contributed by atoms with Crippen LogP contribution in [0.15, 0.2) is 179 Å². The highest BCUT2D eigenvalue weighted by Crippen LogP contribution is 2.52. The second kappa shape index (κ2) is 10.1. The van der Waals surface area contributed by atoms with Crippen molar-refractivity contribution in [3.05, 3.63) is 170 Å². The zero-order valence-electron chi connectivity index (χ0n) is 30.9. The highest BCUT2D eigenvalue weighted by atomic mass is 16.3. The maximum Gasteiger partial charge on any atom is 0.135 e. The van der Waals surface area contributed by atoms with Gasteiger partial charge in [-0.15, -0.1) is 0 Å². The Bertz CT molecular complexity index is 3990. The van der Waals surface area contributed by atoms with E-state index in [1.54, 1.807) is 0 Å². The van der Waals surface area contributed by atoms with Crippen molar-refractivity contribution >= 4 is 120 Å². The van der Waals surface area contributed by atoms with E-state index in [-0.39, 0.29) is 0 Å². The summed E-state index contributed by atoms with van der Waals surface area (Å²) in [5.41, 5.74) is 15.9. The zero-order chi connectivity index (χ0) is 37.4. The van der Waals surface area contributed by atoms with Crippen molar-refractivity contribution < 1.29 is 8.83 Å². The summed E-state index contributed by atoms with van der Waals surface area (Å²) in [6.45, 7) is 0. The van der Waals surface area contributed by atoms with Crippen molar-refractivity contribution in [2.75, 3.05) is 0 Å². The van der Waals surface area contributed by atoms with Crippen molar-refractivity contribution in [1.82, 2.24) is 8.80 Å². The molecule has 0 bridgehead atoms. The summed E-state index contributed by atoms with van der Waals surface area (Å²) in [4.78, 5) is 0. The molecular weight excluding hydrogens is 709 g/mol. The Morgan fingerprint density at radius 3 is 1.07 bits per heavy atom. The fourth-order valence-corrected chi connectivity index (χ4v) is 10.7. The summed E-state index contributed by atoms with van der Waals surface area (Å²) in [5.74, 6) is 0. The van der Waals surface area contributed by atoms with Crippen LogP contribution in [0.1, 0.15) is 0 Å². The van der Waals surface area contributed by atoms with Gasteiger partial charge in [0, 0.05) is 64.6 Å². The molecule has 58 heavy (non-hydrogen) atoms. The molecule has 6 aromatic heterocycles. The van der Waals surface area contributed by atoms with Gasteiger partial charge < -0.3 is 17.6 Å². The zero-order valence-corrected chi connectivity index (χ0v) is 30.9. The molecule has 4 nitrogen and oxygen atoms in total. The van der Waals surface area contributed by atoms with Gasteiger partial charge in [0.1, 0.15) is 22.3 Å². The van der Waals surface area contributed by atoms with Crippen LogP contribution in [-0.2, 0) is 0 Å². The van der Waals surface area contributed by atoms with Crippen molar-refractivity contribution in [3.63, 3.8) is 0 Å². The van der Waals surface area contributed by atoms with Crippen LogP contribution in [-0.4, -0.2) is 8.80 Å². The number of fused-ring (bicyclic) bond motifs is 20. The molecule has 0 amide bonds. The number of furan rings is 2. The Morgan fingerprint density at radius 2 is 0.603 bits per heavy atom. The van der Waals surface area contributed by atoms with E-state index in [9.17, 15) is 0 Å². The molecule has 6 heterocycles. The van der Waals surface area contributed by atoms with Crippen LogP contribution in [0.25, 0.3) is 142 Å². The molecule has 0 saturated carbocycles.